The zero-order valence-electron chi connectivity index (χ0n) is 8.32. The Morgan fingerprint density at radius 2 is 2.20 bits per heavy atom. The monoisotopic (exact) mass is 198 g/mol. The van der Waals surface area contributed by atoms with Crippen LogP contribution in [-0.4, -0.2) is 17.1 Å². The van der Waals surface area contributed by atoms with Gasteiger partial charge < -0.3 is 9.72 Å². The number of nitrogens with one attached hydrogen (secondary N) is 1. The lowest BCUT2D eigenvalue weighted by atomic mass is 10.1. The van der Waals surface area contributed by atoms with Crippen LogP contribution in [0, 0.1) is 0 Å². The molecule has 1 aromatic carbocycles. The van der Waals surface area contributed by atoms with Gasteiger partial charge in [-0.3, -0.25) is 4.98 Å². The van der Waals surface area contributed by atoms with Gasteiger partial charge in [-0.25, -0.2) is 0 Å². The number of hydrogen-bond donors (Lipinski definition) is 1. The largest absolute Gasteiger partial charge is 0.494 e. The van der Waals surface area contributed by atoms with Gasteiger partial charge >= 0.3 is 0 Å². The molecule has 1 N–H and O–H groups in total. The summed E-state index contributed by atoms with van der Waals surface area (Å²) in [6.07, 6.45) is 3.78. The molecule has 0 amide bonds. The maximum Gasteiger partial charge on any atom is 0.145 e. The lowest BCUT2D eigenvalue weighted by molar-refractivity contribution is 0.419. The van der Waals surface area contributed by atoms with Crippen LogP contribution in [0.25, 0.3) is 21.8 Å². The molecule has 0 atom stereocenters. The van der Waals surface area contributed by atoms with Gasteiger partial charge in [0.2, 0.25) is 0 Å². The number of methoxy groups -OCH3 is 1. The summed E-state index contributed by atoms with van der Waals surface area (Å²) in [5.41, 5.74) is 2.01. The first-order chi connectivity index (χ1) is 7.40. The van der Waals surface area contributed by atoms with E-state index in [1.165, 1.54) is 0 Å². The third kappa shape index (κ3) is 1.09. The molecule has 0 bridgehead atoms. The van der Waals surface area contributed by atoms with Crippen LogP contribution in [0.15, 0.2) is 36.7 Å². The fourth-order valence-corrected chi connectivity index (χ4v) is 1.88. The van der Waals surface area contributed by atoms with Crippen molar-refractivity contribution in [3.63, 3.8) is 0 Å². The molecular formula is C12H10N2O. The minimum absolute atomic E-state index is 0.809. The quantitative estimate of drug-likeness (QED) is 0.652. The second-order valence-corrected chi connectivity index (χ2v) is 3.42. The molecular weight excluding hydrogens is 188 g/mol. The minimum Gasteiger partial charge on any atom is -0.494 e. The molecule has 0 aliphatic heterocycles. The first kappa shape index (κ1) is 8.29. The van der Waals surface area contributed by atoms with Gasteiger partial charge in [0.15, 0.2) is 0 Å². The predicted octanol–water partition coefficient (Wildman–Crippen LogP) is 2.72. The van der Waals surface area contributed by atoms with Crippen LogP contribution in [0.1, 0.15) is 0 Å². The molecule has 3 heteroatoms. The van der Waals surface area contributed by atoms with Gasteiger partial charge in [0.25, 0.3) is 0 Å². The summed E-state index contributed by atoms with van der Waals surface area (Å²) in [6.45, 7) is 0. The lowest BCUT2D eigenvalue weighted by Crippen LogP contribution is -1.87. The number of fused-ring (bicyclic) bond motifs is 3. The van der Waals surface area contributed by atoms with Crippen molar-refractivity contribution < 1.29 is 4.74 Å². The number of aromatic amines is 1. The van der Waals surface area contributed by atoms with Crippen molar-refractivity contribution in [2.24, 2.45) is 0 Å². The minimum atomic E-state index is 0.809. The zero-order valence-corrected chi connectivity index (χ0v) is 8.32. The highest BCUT2D eigenvalue weighted by molar-refractivity contribution is 6.05. The summed E-state index contributed by atoms with van der Waals surface area (Å²) in [4.78, 5) is 7.63. The number of nitrogens with zero attached hydrogens (tertiary/aromatic N) is 1. The number of aromatic nitrogens is 2. The molecule has 74 valence electrons. The normalized spacial score (nSPS) is 11.0. The summed E-state index contributed by atoms with van der Waals surface area (Å²) in [6, 6.07) is 7.96. The van der Waals surface area contributed by atoms with Crippen molar-refractivity contribution >= 4 is 21.8 Å². The number of para-hydroxylation sites is 1. The smallest absolute Gasteiger partial charge is 0.145 e. The number of ether oxygens (including phenoxy) is 1. The zero-order chi connectivity index (χ0) is 10.3. The van der Waals surface area contributed by atoms with Crippen LogP contribution in [0.3, 0.4) is 0 Å². The first-order valence-corrected chi connectivity index (χ1v) is 4.79. The lowest BCUT2D eigenvalue weighted by Gasteiger charge is -2.04. The first-order valence-electron chi connectivity index (χ1n) is 4.79. The van der Waals surface area contributed by atoms with E-state index in [2.05, 4.69) is 9.97 Å². The molecule has 0 radical (unpaired) electrons. The van der Waals surface area contributed by atoms with E-state index in [0.29, 0.717) is 0 Å². The van der Waals surface area contributed by atoms with Crippen molar-refractivity contribution in [2.75, 3.05) is 7.11 Å². The molecule has 0 spiro atoms. The standard InChI is InChI=1S/C12H10N2O/c1-15-10-4-2-3-9-11-8(5-6-13-11)7-14-12(9)10/h2-7,13H,1H3. The van der Waals surface area contributed by atoms with E-state index in [9.17, 15) is 0 Å². The summed E-state index contributed by atoms with van der Waals surface area (Å²) in [5.74, 6) is 0.809. The highest BCUT2D eigenvalue weighted by Crippen LogP contribution is 2.28. The van der Waals surface area contributed by atoms with Gasteiger partial charge in [-0.05, 0) is 12.1 Å². The van der Waals surface area contributed by atoms with Crippen LogP contribution in [-0.2, 0) is 0 Å². The number of benzene rings is 1. The third-order valence-electron chi connectivity index (χ3n) is 2.60. The fraction of sp³-hybridized carbons (Fsp3) is 0.0833. The van der Waals surface area contributed by atoms with Crippen LogP contribution < -0.4 is 4.74 Å². The molecule has 3 rings (SSSR count). The van der Waals surface area contributed by atoms with Crippen LogP contribution in [0.5, 0.6) is 5.75 Å². The predicted molar refractivity (Wildman–Crippen MR) is 60.2 cm³/mol. The Bertz CT molecular complexity index is 628. The van der Waals surface area contributed by atoms with Gasteiger partial charge in [-0.15, -0.1) is 0 Å². The average Bonchev–Trinajstić information content (AvgIpc) is 2.76. The van der Waals surface area contributed by atoms with E-state index >= 15 is 0 Å². The van der Waals surface area contributed by atoms with Gasteiger partial charge in [-0.1, -0.05) is 12.1 Å². The molecule has 0 aliphatic rings. The van der Waals surface area contributed by atoms with Crippen LogP contribution >= 0.6 is 0 Å². The Hall–Kier alpha value is -2.03. The summed E-state index contributed by atoms with van der Waals surface area (Å²) < 4.78 is 5.28. The summed E-state index contributed by atoms with van der Waals surface area (Å²) >= 11 is 0. The van der Waals surface area contributed by atoms with Crippen molar-refractivity contribution in [1.82, 2.24) is 9.97 Å². The number of hydrogen-bond acceptors (Lipinski definition) is 2. The van der Waals surface area contributed by atoms with E-state index in [1.807, 2.05) is 36.7 Å². The van der Waals surface area contributed by atoms with Crippen molar-refractivity contribution in [3.8, 4) is 5.75 Å². The average molecular weight is 198 g/mol. The molecule has 0 fully saturated rings. The highest BCUT2D eigenvalue weighted by atomic mass is 16.5. The second-order valence-electron chi connectivity index (χ2n) is 3.42. The van der Waals surface area contributed by atoms with E-state index in [1.54, 1.807) is 7.11 Å². The Kier molecular flexibility index (Phi) is 1.65. The Balaban J connectivity index is 2.53. The van der Waals surface area contributed by atoms with E-state index < -0.39 is 0 Å². The van der Waals surface area contributed by atoms with Crippen LogP contribution in [0.2, 0.25) is 0 Å². The molecule has 0 unspecified atom stereocenters. The number of pyridine rings is 1. The Morgan fingerprint density at radius 3 is 3.07 bits per heavy atom. The Labute approximate surface area is 86.7 Å². The molecule has 0 saturated heterocycles. The molecule has 2 heterocycles. The third-order valence-corrected chi connectivity index (χ3v) is 2.60. The maximum atomic E-state index is 5.28. The van der Waals surface area contributed by atoms with Crippen molar-refractivity contribution in [1.29, 1.82) is 0 Å². The van der Waals surface area contributed by atoms with Gasteiger partial charge in [0, 0.05) is 23.2 Å². The van der Waals surface area contributed by atoms with Crippen molar-refractivity contribution in [2.45, 2.75) is 0 Å². The molecule has 3 nitrogen and oxygen atoms in total. The summed E-state index contributed by atoms with van der Waals surface area (Å²) in [7, 11) is 1.66. The van der Waals surface area contributed by atoms with E-state index in [-0.39, 0.29) is 0 Å². The summed E-state index contributed by atoms with van der Waals surface area (Å²) in [5, 5.41) is 2.22. The van der Waals surface area contributed by atoms with E-state index in [4.69, 9.17) is 4.74 Å². The number of rotatable bonds is 1. The topological polar surface area (TPSA) is 37.9 Å². The number of H-pyrrole nitrogens is 1. The Morgan fingerprint density at radius 1 is 1.27 bits per heavy atom. The molecule has 3 aromatic rings. The SMILES string of the molecule is COc1cccc2c1ncc1cc[nH]c12. The molecule has 0 aliphatic carbocycles. The molecule has 2 aromatic heterocycles. The van der Waals surface area contributed by atoms with E-state index in [0.717, 1.165) is 27.6 Å². The van der Waals surface area contributed by atoms with Crippen molar-refractivity contribution in [3.05, 3.63) is 36.7 Å². The van der Waals surface area contributed by atoms with Gasteiger partial charge in [0.1, 0.15) is 11.3 Å². The molecule has 0 saturated carbocycles. The second kappa shape index (κ2) is 2.98. The highest BCUT2D eigenvalue weighted by Gasteiger charge is 2.06. The maximum absolute atomic E-state index is 5.28. The van der Waals surface area contributed by atoms with Gasteiger partial charge in [0.05, 0.1) is 12.6 Å². The fourth-order valence-electron chi connectivity index (χ4n) is 1.88. The molecule has 15 heavy (non-hydrogen) atoms. The van der Waals surface area contributed by atoms with Crippen LogP contribution in [0.4, 0.5) is 0 Å². The van der Waals surface area contributed by atoms with Gasteiger partial charge in [-0.2, -0.15) is 0 Å².